The van der Waals surface area contributed by atoms with Gasteiger partial charge in [0.05, 0.1) is 6.10 Å². The molecule has 5 heteroatoms. The summed E-state index contributed by atoms with van der Waals surface area (Å²) in [6.07, 6.45) is 1.06. The largest absolute Gasteiger partial charge is 0.478 e. The second kappa shape index (κ2) is 5.81. The SMILES string of the molecule is C[C@@H](O)c1cccc(NC(=O)/C=C/C(=O)O)c1. The lowest BCUT2D eigenvalue weighted by atomic mass is 10.1. The Kier molecular flexibility index (Phi) is 4.42. The molecular formula is C12H13NO4. The molecule has 0 aliphatic heterocycles. The van der Waals surface area contributed by atoms with E-state index in [4.69, 9.17) is 5.11 Å². The Balaban J connectivity index is 2.72. The topological polar surface area (TPSA) is 86.6 Å². The number of nitrogens with one attached hydrogen (secondary N) is 1. The summed E-state index contributed by atoms with van der Waals surface area (Å²) < 4.78 is 0. The fourth-order valence-corrected chi connectivity index (χ4v) is 1.21. The zero-order valence-electron chi connectivity index (χ0n) is 9.25. The van der Waals surface area contributed by atoms with Gasteiger partial charge < -0.3 is 15.5 Å². The average Bonchev–Trinajstić information content (AvgIpc) is 2.26. The van der Waals surface area contributed by atoms with Crippen molar-refractivity contribution in [1.82, 2.24) is 0 Å². The molecule has 0 radical (unpaired) electrons. The molecule has 1 atom stereocenters. The van der Waals surface area contributed by atoms with E-state index < -0.39 is 18.0 Å². The van der Waals surface area contributed by atoms with Gasteiger partial charge in [-0.2, -0.15) is 0 Å². The molecule has 1 aromatic carbocycles. The zero-order valence-corrected chi connectivity index (χ0v) is 9.25. The van der Waals surface area contributed by atoms with Crippen LogP contribution in [0, 0.1) is 0 Å². The first kappa shape index (κ1) is 12.9. The Bertz CT molecular complexity index is 452. The number of carboxylic acids is 1. The fraction of sp³-hybridized carbons (Fsp3) is 0.167. The molecule has 0 heterocycles. The van der Waals surface area contributed by atoms with Gasteiger partial charge in [0.2, 0.25) is 5.91 Å². The first-order valence-corrected chi connectivity index (χ1v) is 4.99. The molecule has 1 aromatic rings. The van der Waals surface area contributed by atoms with E-state index in [0.717, 1.165) is 12.2 Å². The van der Waals surface area contributed by atoms with Gasteiger partial charge in [0.25, 0.3) is 0 Å². The van der Waals surface area contributed by atoms with Crippen LogP contribution in [0.1, 0.15) is 18.6 Å². The van der Waals surface area contributed by atoms with Crippen LogP contribution in [0.5, 0.6) is 0 Å². The second-order valence-electron chi connectivity index (χ2n) is 3.46. The number of aliphatic hydroxyl groups excluding tert-OH is 1. The highest BCUT2D eigenvalue weighted by Gasteiger charge is 2.03. The van der Waals surface area contributed by atoms with E-state index in [9.17, 15) is 14.7 Å². The minimum Gasteiger partial charge on any atom is -0.478 e. The number of aliphatic hydroxyl groups is 1. The molecule has 0 aliphatic carbocycles. The minimum absolute atomic E-state index is 0.503. The Hall–Kier alpha value is -2.14. The van der Waals surface area contributed by atoms with Gasteiger partial charge in [-0.1, -0.05) is 12.1 Å². The van der Waals surface area contributed by atoms with Gasteiger partial charge in [-0.15, -0.1) is 0 Å². The van der Waals surface area contributed by atoms with Crippen molar-refractivity contribution >= 4 is 17.6 Å². The van der Waals surface area contributed by atoms with Crippen LogP contribution in [-0.2, 0) is 9.59 Å². The Labute approximate surface area is 98.4 Å². The van der Waals surface area contributed by atoms with Crippen LogP contribution >= 0.6 is 0 Å². The second-order valence-corrected chi connectivity index (χ2v) is 3.46. The van der Waals surface area contributed by atoms with Gasteiger partial charge in [0.15, 0.2) is 0 Å². The van der Waals surface area contributed by atoms with Crippen LogP contribution in [-0.4, -0.2) is 22.1 Å². The van der Waals surface area contributed by atoms with Crippen molar-refractivity contribution in [1.29, 1.82) is 0 Å². The van der Waals surface area contributed by atoms with E-state index in [0.29, 0.717) is 11.3 Å². The lowest BCUT2D eigenvalue weighted by molar-refractivity contribution is -0.131. The van der Waals surface area contributed by atoms with E-state index in [-0.39, 0.29) is 0 Å². The number of amides is 1. The Morgan fingerprint density at radius 2 is 2.06 bits per heavy atom. The number of hydrogen-bond donors (Lipinski definition) is 3. The molecule has 0 aromatic heterocycles. The van der Waals surface area contributed by atoms with E-state index in [2.05, 4.69) is 5.32 Å². The van der Waals surface area contributed by atoms with Crippen molar-refractivity contribution in [2.75, 3.05) is 5.32 Å². The maximum atomic E-state index is 11.3. The molecule has 0 saturated heterocycles. The zero-order chi connectivity index (χ0) is 12.8. The molecule has 1 rings (SSSR count). The average molecular weight is 235 g/mol. The molecule has 90 valence electrons. The molecule has 1 amide bonds. The minimum atomic E-state index is -1.18. The van der Waals surface area contributed by atoms with Crippen LogP contribution in [0.4, 0.5) is 5.69 Å². The summed E-state index contributed by atoms with van der Waals surface area (Å²) in [7, 11) is 0. The normalized spacial score (nSPS) is 12.4. The standard InChI is InChI=1S/C12H13NO4/c1-8(14)9-3-2-4-10(7-9)13-11(15)5-6-12(16)17/h2-8,14H,1H3,(H,13,15)(H,16,17)/b6-5+/t8-/m1/s1. The van der Waals surface area contributed by atoms with Gasteiger partial charge in [-0.05, 0) is 24.6 Å². The predicted octanol–water partition coefficient (Wildman–Crippen LogP) is 1.32. The molecular weight excluding hydrogens is 222 g/mol. The van der Waals surface area contributed by atoms with Crippen LogP contribution < -0.4 is 5.32 Å². The number of benzene rings is 1. The number of rotatable bonds is 4. The third-order valence-corrected chi connectivity index (χ3v) is 2.01. The molecule has 5 nitrogen and oxygen atoms in total. The number of carbonyl (C=O) groups excluding carboxylic acids is 1. The van der Waals surface area contributed by atoms with Crippen molar-refractivity contribution < 1.29 is 19.8 Å². The highest BCUT2D eigenvalue weighted by molar-refractivity contribution is 6.02. The van der Waals surface area contributed by atoms with Crippen molar-refractivity contribution in [2.24, 2.45) is 0 Å². The number of carboxylic acid groups (broad SMARTS) is 1. The molecule has 17 heavy (non-hydrogen) atoms. The smallest absolute Gasteiger partial charge is 0.328 e. The maximum Gasteiger partial charge on any atom is 0.328 e. The predicted molar refractivity (Wildman–Crippen MR) is 62.5 cm³/mol. The lowest BCUT2D eigenvalue weighted by Crippen LogP contribution is -2.09. The Morgan fingerprint density at radius 1 is 1.35 bits per heavy atom. The van der Waals surface area contributed by atoms with Gasteiger partial charge >= 0.3 is 5.97 Å². The fourth-order valence-electron chi connectivity index (χ4n) is 1.21. The van der Waals surface area contributed by atoms with E-state index in [1.807, 2.05) is 0 Å². The van der Waals surface area contributed by atoms with Crippen LogP contribution in [0.25, 0.3) is 0 Å². The molecule has 0 bridgehead atoms. The van der Waals surface area contributed by atoms with E-state index >= 15 is 0 Å². The molecule has 0 unspecified atom stereocenters. The van der Waals surface area contributed by atoms with Gasteiger partial charge in [-0.25, -0.2) is 4.79 Å². The van der Waals surface area contributed by atoms with Crippen molar-refractivity contribution in [3.8, 4) is 0 Å². The third kappa shape index (κ3) is 4.48. The van der Waals surface area contributed by atoms with Gasteiger partial charge in [0.1, 0.15) is 0 Å². The number of carbonyl (C=O) groups is 2. The number of anilines is 1. The molecule has 3 N–H and O–H groups in total. The summed E-state index contributed by atoms with van der Waals surface area (Å²) in [6, 6.07) is 6.70. The molecule has 0 saturated carbocycles. The lowest BCUT2D eigenvalue weighted by Gasteiger charge is -2.07. The summed E-state index contributed by atoms with van der Waals surface area (Å²) in [5, 5.41) is 20.2. The van der Waals surface area contributed by atoms with E-state index in [1.54, 1.807) is 31.2 Å². The molecule has 0 fully saturated rings. The highest BCUT2D eigenvalue weighted by Crippen LogP contribution is 2.16. The number of hydrogen-bond acceptors (Lipinski definition) is 3. The monoisotopic (exact) mass is 235 g/mol. The van der Waals surface area contributed by atoms with Gasteiger partial charge in [-0.3, -0.25) is 4.79 Å². The summed E-state index contributed by atoms with van der Waals surface area (Å²) in [5.41, 5.74) is 1.17. The van der Waals surface area contributed by atoms with Crippen LogP contribution in [0.2, 0.25) is 0 Å². The maximum absolute atomic E-state index is 11.3. The Morgan fingerprint density at radius 3 is 2.65 bits per heavy atom. The van der Waals surface area contributed by atoms with Crippen LogP contribution in [0.3, 0.4) is 0 Å². The number of aliphatic carboxylic acids is 1. The molecule has 0 spiro atoms. The summed E-state index contributed by atoms with van der Waals surface area (Å²) in [4.78, 5) is 21.5. The van der Waals surface area contributed by atoms with Gasteiger partial charge in [0, 0.05) is 17.8 Å². The first-order valence-electron chi connectivity index (χ1n) is 4.99. The van der Waals surface area contributed by atoms with Crippen molar-refractivity contribution in [3.05, 3.63) is 42.0 Å². The van der Waals surface area contributed by atoms with E-state index in [1.165, 1.54) is 0 Å². The first-order chi connectivity index (χ1) is 7.99. The molecule has 0 aliphatic rings. The highest BCUT2D eigenvalue weighted by atomic mass is 16.4. The summed E-state index contributed by atoms with van der Waals surface area (Å²) in [5.74, 6) is -1.71. The van der Waals surface area contributed by atoms with Crippen molar-refractivity contribution in [3.63, 3.8) is 0 Å². The van der Waals surface area contributed by atoms with Crippen LogP contribution in [0.15, 0.2) is 36.4 Å². The third-order valence-electron chi connectivity index (χ3n) is 2.01. The van der Waals surface area contributed by atoms with Crippen molar-refractivity contribution in [2.45, 2.75) is 13.0 Å². The summed E-state index contributed by atoms with van der Waals surface area (Å²) in [6.45, 7) is 1.62. The quantitative estimate of drug-likeness (QED) is 0.687. The summed E-state index contributed by atoms with van der Waals surface area (Å²) >= 11 is 0.